The van der Waals surface area contributed by atoms with Gasteiger partial charge in [0.25, 0.3) is 0 Å². The number of nitrogens with one attached hydrogen (secondary N) is 1. The van der Waals surface area contributed by atoms with E-state index in [1.165, 1.54) is 0 Å². The highest BCUT2D eigenvalue weighted by Crippen LogP contribution is 2.16. The second-order valence-electron chi connectivity index (χ2n) is 4.21. The quantitative estimate of drug-likeness (QED) is 0.753. The largest absolute Gasteiger partial charge is 0.489 e. The number of carbonyl (C=O) groups excluding carboxylic acids is 1. The van der Waals surface area contributed by atoms with Crippen LogP contribution >= 0.6 is 0 Å². The molecule has 1 aromatic carbocycles. The van der Waals surface area contributed by atoms with Crippen molar-refractivity contribution in [2.45, 2.75) is 26.4 Å². The molecule has 18 heavy (non-hydrogen) atoms. The Kier molecular flexibility index (Phi) is 6.15. The maximum atomic E-state index is 11.2. The molecule has 0 aliphatic carbocycles. The van der Waals surface area contributed by atoms with Crippen LogP contribution < -0.4 is 10.1 Å². The molecule has 1 atom stereocenters. The topological polar surface area (TPSA) is 38.3 Å². The molecule has 1 aromatic rings. The van der Waals surface area contributed by atoms with Gasteiger partial charge >= 0.3 is 0 Å². The van der Waals surface area contributed by atoms with Gasteiger partial charge in [0.05, 0.1) is 0 Å². The van der Waals surface area contributed by atoms with Crippen LogP contribution in [0.25, 0.3) is 6.08 Å². The number of benzene rings is 1. The second kappa shape index (κ2) is 7.67. The lowest BCUT2D eigenvalue weighted by Crippen LogP contribution is -2.25. The summed E-state index contributed by atoms with van der Waals surface area (Å²) in [6.07, 6.45) is 4.08. The minimum atomic E-state index is 0.117. The molecule has 0 amide bonds. The summed E-state index contributed by atoms with van der Waals surface area (Å²) in [6, 6.07) is 7.74. The Labute approximate surface area is 109 Å². The van der Waals surface area contributed by atoms with Crippen molar-refractivity contribution in [1.82, 2.24) is 5.32 Å². The number of rotatable bonds is 7. The highest BCUT2D eigenvalue weighted by Gasteiger charge is 2.02. The molecular formula is C15H21NO2. The summed E-state index contributed by atoms with van der Waals surface area (Å²) in [5.41, 5.74) is 0.978. The summed E-state index contributed by atoms with van der Waals surface area (Å²) < 4.78 is 5.75. The van der Waals surface area contributed by atoms with E-state index in [0.717, 1.165) is 17.9 Å². The smallest absolute Gasteiger partial charge is 0.155 e. The van der Waals surface area contributed by atoms with Crippen LogP contribution in [0.5, 0.6) is 5.75 Å². The molecule has 0 aliphatic rings. The Bertz CT molecular complexity index is 413. The summed E-state index contributed by atoms with van der Waals surface area (Å²) in [7, 11) is 1.90. The van der Waals surface area contributed by atoms with E-state index in [-0.39, 0.29) is 11.9 Å². The van der Waals surface area contributed by atoms with Crippen LogP contribution in [-0.4, -0.2) is 25.5 Å². The van der Waals surface area contributed by atoms with Gasteiger partial charge in [-0.25, -0.2) is 0 Å². The van der Waals surface area contributed by atoms with Gasteiger partial charge in [0.15, 0.2) is 5.78 Å². The highest BCUT2D eigenvalue weighted by molar-refractivity contribution is 5.93. The minimum absolute atomic E-state index is 0.117. The number of likely N-dealkylation sites (N-methyl/N-ethyl adjacent to an activating group) is 1. The number of hydrogen-bond acceptors (Lipinski definition) is 3. The first kappa shape index (κ1) is 14.5. The number of hydrogen-bond donors (Lipinski definition) is 1. The Balaban J connectivity index is 2.67. The number of carbonyl (C=O) groups is 1. The van der Waals surface area contributed by atoms with E-state index in [2.05, 4.69) is 5.32 Å². The number of ketones is 1. The van der Waals surface area contributed by atoms with Crippen molar-refractivity contribution in [2.24, 2.45) is 0 Å². The Morgan fingerprint density at radius 2 is 2.28 bits per heavy atom. The van der Waals surface area contributed by atoms with Gasteiger partial charge in [-0.15, -0.1) is 0 Å². The number of allylic oxidation sites excluding steroid dienone is 1. The van der Waals surface area contributed by atoms with Gasteiger partial charge in [0, 0.05) is 13.0 Å². The molecular weight excluding hydrogens is 226 g/mol. The molecule has 98 valence electrons. The normalized spacial score (nSPS) is 12.6. The monoisotopic (exact) mass is 247 g/mol. The predicted octanol–water partition coefficient (Wildman–Crippen LogP) is 2.67. The molecule has 0 heterocycles. The van der Waals surface area contributed by atoms with Crippen molar-refractivity contribution in [3.63, 3.8) is 0 Å². The van der Waals surface area contributed by atoms with E-state index in [4.69, 9.17) is 4.74 Å². The lowest BCUT2D eigenvalue weighted by molar-refractivity contribution is -0.114. The highest BCUT2D eigenvalue weighted by atomic mass is 16.5. The molecule has 1 rings (SSSR count). The van der Waals surface area contributed by atoms with Crippen molar-refractivity contribution < 1.29 is 9.53 Å². The summed E-state index contributed by atoms with van der Waals surface area (Å²) in [6.45, 7) is 4.67. The minimum Gasteiger partial charge on any atom is -0.489 e. The van der Waals surface area contributed by atoms with Crippen molar-refractivity contribution in [3.05, 3.63) is 35.9 Å². The maximum Gasteiger partial charge on any atom is 0.155 e. The molecule has 0 fully saturated rings. The number of ether oxygens (including phenoxy) is 1. The summed E-state index contributed by atoms with van der Waals surface area (Å²) in [4.78, 5) is 11.2. The first-order valence-electron chi connectivity index (χ1n) is 6.28. The lowest BCUT2D eigenvalue weighted by Gasteiger charge is -2.14. The zero-order chi connectivity index (χ0) is 13.4. The fourth-order valence-electron chi connectivity index (χ4n) is 1.56. The van der Waals surface area contributed by atoms with Crippen LogP contribution in [0, 0.1) is 0 Å². The third-order valence-corrected chi connectivity index (χ3v) is 2.50. The fraction of sp³-hybridized carbons (Fsp3) is 0.400. The summed E-state index contributed by atoms with van der Waals surface area (Å²) in [5, 5.41) is 3.07. The molecule has 0 aromatic heterocycles. The SMILES string of the molecule is CCC(=O)/C=C/c1cccc(O[C@@H](C)CNC)c1. The van der Waals surface area contributed by atoms with Gasteiger partial charge in [-0.2, -0.15) is 0 Å². The molecule has 0 radical (unpaired) electrons. The van der Waals surface area contributed by atoms with E-state index in [1.54, 1.807) is 6.08 Å². The van der Waals surface area contributed by atoms with Gasteiger partial charge < -0.3 is 10.1 Å². The molecule has 0 unspecified atom stereocenters. The van der Waals surface area contributed by atoms with Gasteiger partial charge in [0.2, 0.25) is 0 Å². The zero-order valence-corrected chi connectivity index (χ0v) is 11.3. The third kappa shape index (κ3) is 5.15. The fourth-order valence-corrected chi connectivity index (χ4v) is 1.56. The first-order valence-corrected chi connectivity index (χ1v) is 6.28. The van der Waals surface area contributed by atoms with Crippen LogP contribution in [0.2, 0.25) is 0 Å². The van der Waals surface area contributed by atoms with Crippen molar-refractivity contribution >= 4 is 11.9 Å². The molecule has 0 aliphatic heterocycles. The van der Waals surface area contributed by atoms with Crippen LogP contribution in [-0.2, 0) is 4.79 Å². The molecule has 3 nitrogen and oxygen atoms in total. The van der Waals surface area contributed by atoms with Crippen LogP contribution in [0.4, 0.5) is 0 Å². The Morgan fingerprint density at radius 3 is 2.94 bits per heavy atom. The van der Waals surface area contributed by atoms with E-state index in [1.807, 2.05) is 51.2 Å². The maximum absolute atomic E-state index is 11.2. The molecule has 3 heteroatoms. The van der Waals surface area contributed by atoms with Crippen LogP contribution in [0.1, 0.15) is 25.8 Å². The van der Waals surface area contributed by atoms with Crippen LogP contribution in [0.3, 0.4) is 0 Å². The molecule has 0 bridgehead atoms. The van der Waals surface area contributed by atoms with Gasteiger partial charge in [-0.3, -0.25) is 4.79 Å². The molecule has 0 saturated heterocycles. The van der Waals surface area contributed by atoms with E-state index >= 15 is 0 Å². The van der Waals surface area contributed by atoms with E-state index < -0.39 is 0 Å². The molecule has 1 N–H and O–H groups in total. The second-order valence-corrected chi connectivity index (χ2v) is 4.21. The first-order chi connectivity index (χ1) is 8.65. The summed E-state index contributed by atoms with van der Waals surface area (Å²) >= 11 is 0. The van der Waals surface area contributed by atoms with Crippen molar-refractivity contribution in [3.8, 4) is 5.75 Å². The van der Waals surface area contributed by atoms with Crippen molar-refractivity contribution in [2.75, 3.05) is 13.6 Å². The predicted molar refractivity (Wildman–Crippen MR) is 74.8 cm³/mol. The van der Waals surface area contributed by atoms with E-state index in [9.17, 15) is 4.79 Å². The Morgan fingerprint density at radius 1 is 1.50 bits per heavy atom. The lowest BCUT2D eigenvalue weighted by atomic mass is 10.1. The average Bonchev–Trinajstić information content (AvgIpc) is 2.36. The van der Waals surface area contributed by atoms with Crippen molar-refractivity contribution in [1.29, 1.82) is 0 Å². The average molecular weight is 247 g/mol. The third-order valence-electron chi connectivity index (χ3n) is 2.50. The Hall–Kier alpha value is -1.61. The zero-order valence-electron chi connectivity index (χ0n) is 11.3. The van der Waals surface area contributed by atoms with E-state index in [0.29, 0.717) is 6.42 Å². The molecule has 0 spiro atoms. The van der Waals surface area contributed by atoms with Crippen LogP contribution in [0.15, 0.2) is 30.3 Å². The summed E-state index contributed by atoms with van der Waals surface area (Å²) in [5.74, 6) is 0.953. The standard InChI is InChI=1S/C15H21NO2/c1-4-14(17)9-8-13-6-5-7-15(10-13)18-12(2)11-16-3/h5-10,12,16H,4,11H2,1-3H3/b9-8+/t12-/m0/s1. The van der Waals surface area contributed by atoms with Gasteiger partial charge in [-0.05, 0) is 37.7 Å². The van der Waals surface area contributed by atoms with Gasteiger partial charge in [-0.1, -0.05) is 25.1 Å². The molecule has 0 saturated carbocycles. The van der Waals surface area contributed by atoms with Gasteiger partial charge in [0.1, 0.15) is 11.9 Å².